The molecule has 4 rings (SSSR count). The van der Waals surface area contributed by atoms with Gasteiger partial charge in [0.25, 0.3) is 5.91 Å². The van der Waals surface area contributed by atoms with Gasteiger partial charge < -0.3 is 9.80 Å². The first-order valence-corrected chi connectivity index (χ1v) is 10.6. The molecule has 1 aliphatic carbocycles. The van der Waals surface area contributed by atoms with Crippen molar-refractivity contribution in [2.45, 2.75) is 51.0 Å². The Balaban J connectivity index is 1.53. The lowest BCUT2D eigenvalue weighted by Crippen LogP contribution is -2.40. The van der Waals surface area contributed by atoms with Gasteiger partial charge in [0.1, 0.15) is 5.82 Å². The van der Waals surface area contributed by atoms with Crippen molar-refractivity contribution in [2.75, 3.05) is 18.0 Å². The Kier molecular flexibility index (Phi) is 5.93. The van der Waals surface area contributed by atoms with Crippen molar-refractivity contribution in [3.05, 3.63) is 65.5 Å². The molecule has 2 fully saturated rings. The first-order chi connectivity index (χ1) is 14.1. The fourth-order valence-electron chi connectivity index (χ4n) is 4.46. The summed E-state index contributed by atoms with van der Waals surface area (Å²) >= 11 is 0. The Morgan fingerprint density at radius 3 is 2.52 bits per heavy atom. The van der Waals surface area contributed by atoms with Gasteiger partial charge in [-0.2, -0.15) is 0 Å². The summed E-state index contributed by atoms with van der Waals surface area (Å²) in [4.78, 5) is 29.3. The van der Waals surface area contributed by atoms with E-state index in [1.807, 2.05) is 29.2 Å². The zero-order chi connectivity index (χ0) is 20.2. The highest BCUT2D eigenvalue weighted by Gasteiger charge is 2.28. The van der Waals surface area contributed by atoms with Crippen LogP contribution in [0, 0.1) is 5.82 Å². The average molecular weight is 394 g/mol. The van der Waals surface area contributed by atoms with Crippen molar-refractivity contribution >= 4 is 17.5 Å². The standard InChI is InChI=1S/C24H27FN2O2/c25-20-12-10-18(11-13-20)14-16-27(21-6-1-2-7-21)24(29)19-5-3-8-22(17-19)26-15-4-9-23(26)28/h3,5,8,10-13,17,21H,1-2,4,6-7,9,14-16H2. The fourth-order valence-corrected chi connectivity index (χ4v) is 4.46. The Morgan fingerprint density at radius 1 is 1.07 bits per heavy atom. The van der Waals surface area contributed by atoms with Crippen LogP contribution < -0.4 is 4.90 Å². The highest BCUT2D eigenvalue weighted by molar-refractivity contribution is 5.99. The van der Waals surface area contributed by atoms with Gasteiger partial charge in [0.2, 0.25) is 5.91 Å². The molecular weight excluding hydrogens is 367 g/mol. The number of hydrogen-bond donors (Lipinski definition) is 0. The van der Waals surface area contributed by atoms with Crippen molar-refractivity contribution in [1.29, 1.82) is 0 Å². The first-order valence-electron chi connectivity index (χ1n) is 10.6. The molecule has 0 bridgehead atoms. The molecule has 2 aliphatic rings. The smallest absolute Gasteiger partial charge is 0.254 e. The van der Waals surface area contributed by atoms with E-state index in [0.717, 1.165) is 43.4 Å². The summed E-state index contributed by atoms with van der Waals surface area (Å²) in [5.74, 6) is -0.100. The zero-order valence-corrected chi connectivity index (χ0v) is 16.6. The van der Waals surface area contributed by atoms with Crippen molar-refractivity contribution in [2.24, 2.45) is 0 Å². The average Bonchev–Trinajstić information content (AvgIpc) is 3.41. The number of anilines is 1. The topological polar surface area (TPSA) is 40.6 Å². The number of halogens is 1. The molecule has 1 heterocycles. The molecule has 0 radical (unpaired) electrons. The quantitative estimate of drug-likeness (QED) is 0.720. The molecule has 2 amide bonds. The van der Waals surface area contributed by atoms with Gasteiger partial charge in [-0.3, -0.25) is 9.59 Å². The van der Waals surface area contributed by atoms with Crippen LogP contribution in [-0.4, -0.2) is 35.8 Å². The van der Waals surface area contributed by atoms with E-state index in [4.69, 9.17) is 0 Å². The van der Waals surface area contributed by atoms with Crippen molar-refractivity contribution in [3.8, 4) is 0 Å². The van der Waals surface area contributed by atoms with Crippen LogP contribution in [0.2, 0.25) is 0 Å². The number of rotatable bonds is 6. The van der Waals surface area contributed by atoms with Gasteiger partial charge in [-0.05, 0) is 61.6 Å². The van der Waals surface area contributed by atoms with Gasteiger partial charge in [-0.25, -0.2) is 4.39 Å². The molecule has 0 aromatic heterocycles. The second-order valence-corrected chi connectivity index (χ2v) is 8.01. The minimum Gasteiger partial charge on any atom is -0.335 e. The molecule has 0 unspecified atom stereocenters. The van der Waals surface area contributed by atoms with E-state index < -0.39 is 0 Å². The predicted octanol–water partition coefficient (Wildman–Crippen LogP) is 4.58. The van der Waals surface area contributed by atoms with E-state index in [1.54, 1.807) is 17.0 Å². The first kappa shape index (κ1) is 19.6. The summed E-state index contributed by atoms with van der Waals surface area (Å²) < 4.78 is 13.2. The van der Waals surface area contributed by atoms with Crippen LogP contribution in [0.15, 0.2) is 48.5 Å². The molecule has 5 heteroatoms. The fraction of sp³-hybridized carbons (Fsp3) is 0.417. The molecule has 1 saturated carbocycles. The minimum atomic E-state index is -0.245. The number of amides is 2. The largest absolute Gasteiger partial charge is 0.335 e. The predicted molar refractivity (Wildman–Crippen MR) is 111 cm³/mol. The van der Waals surface area contributed by atoms with Crippen LogP contribution in [0.4, 0.5) is 10.1 Å². The highest BCUT2D eigenvalue weighted by Crippen LogP contribution is 2.27. The third-order valence-electron chi connectivity index (χ3n) is 6.06. The van der Waals surface area contributed by atoms with Gasteiger partial charge in [0.15, 0.2) is 0 Å². The number of hydrogen-bond acceptors (Lipinski definition) is 2. The number of carbonyl (C=O) groups is 2. The lowest BCUT2D eigenvalue weighted by molar-refractivity contribution is -0.117. The van der Waals surface area contributed by atoms with Crippen LogP contribution in [0.5, 0.6) is 0 Å². The molecule has 0 spiro atoms. The zero-order valence-electron chi connectivity index (χ0n) is 16.6. The van der Waals surface area contributed by atoms with Crippen LogP contribution >= 0.6 is 0 Å². The minimum absolute atomic E-state index is 0.0208. The number of carbonyl (C=O) groups excluding carboxylic acids is 2. The summed E-state index contributed by atoms with van der Waals surface area (Å²) in [6.07, 6.45) is 6.49. The van der Waals surface area contributed by atoms with Gasteiger partial charge in [-0.15, -0.1) is 0 Å². The molecule has 29 heavy (non-hydrogen) atoms. The molecule has 1 saturated heterocycles. The molecule has 1 aliphatic heterocycles. The molecule has 0 N–H and O–H groups in total. The van der Waals surface area contributed by atoms with Crippen molar-refractivity contribution in [1.82, 2.24) is 4.90 Å². The lowest BCUT2D eigenvalue weighted by Gasteiger charge is -2.29. The molecule has 2 aromatic carbocycles. The van der Waals surface area contributed by atoms with E-state index in [0.29, 0.717) is 31.5 Å². The van der Waals surface area contributed by atoms with Crippen molar-refractivity contribution in [3.63, 3.8) is 0 Å². The number of benzene rings is 2. The van der Waals surface area contributed by atoms with Gasteiger partial charge in [-0.1, -0.05) is 31.0 Å². The van der Waals surface area contributed by atoms with E-state index in [-0.39, 0.29) is 23.7 Å². The SMILES string of the molecule is O=C1CCCN1c1cccc(C(=O)N(CCc2ccc(F)cc2)C2CCCC2)c1. The Morgan fingerprint density at radius 2 is 1.83 bits per heavy atom. The van der Waals surface area contributed by atoms with E-state index in [9.17, 15) is 14.0 Å². The molecule has 152 valence electrons. The maximum absolute atomic E-state index is 13.4. The lowest BCUT2D eigenvalue weighted by atomic mass is 10.1. The van der Waals surface area contributed by atoms with Crippen LogP contribution in [0.3, 0.4) is 0 Å². The summed E-state index contributed by atoms with van der Waals surface area (Å²) in [7, 11) is 0. The van der Waals surface area contributed by atoms with Gasteiger partial charge >= 0.3 is 0 Å². The molecule has 2 aromatic rings. The molecular formula is C24H27FN2O2. The highest BCUT2D eigenvalue weighted by atomic mass is 19.1. The van der Waals surface area contributed by atoms with Crippen LogP contribution in [0.25, 0.3) is 0 Å². The summed E-state index contributed by atoms with van der Waals surface area (Å²) in [5.41, 5.74) is 2.47. The van der Waals surface area contributed by atoms with Gasteiger partial charge in [0, 0.05) is 36.8 Å². The van der Waals surface area contributed by atoms with E-state index >= 15 is 0 Å². The Hall–Kier alpha value is -2.69. The van der Waals surface area contributed by atoms with Crippen LogP contribution in [0.1, 0.15) is 54.4 Å². The summed E-state index contributed by atoms with van der Waals surface area (Å²) in [5, 5.41) is 0. The Labute approximate surface area is 171 Å². The Bertz CT molecular complexity index is 875. The van der Waals surface area contributed by atoms with Crippen molar-refractivity contribution < 1.29 is 14.0 Å². The second kappa shape index (κ2) is 8.76. The monoisotopic (exact) mass is 394 g/mol. The molecule has 0 atom stereocenters. The van der Waals surface area contributed by atoms with Crippen LogP contribution in [-0.2, 0) is 11.2 Å². The normalized spacial score (nSPS) is 17.1. The summed E-state index contributed by atoms with van der Waals surface area (Å²) in [6, 6.07) is 14.2. The maximum Gasteiger partial charge on any atom is 0.254 e. The second-order valence-electron chi connectivity index (χ2n) is 8.01. The van der Waals surface area contributed by atoms with E-state index in [2.05, 4.69) is 0 Å². The summed E-state index contributed by atoms with van der Waals surface area (Å²) in [6.45, 7) is 1.33. The third-order valence-corrected chi connectivity index (χ3v) is 6.06. The van der Waals surface area contributed by atoms with E-state index in [1.165, 1.54) is 12.1 Å². The maximum atomic E-state index is 13.4. The van der Waals surface area contributed by atoms with Gasteiger partial charge in [0.05, 0.1) is 0 Å². The third kappa shape index (κ3) is 4.50. The number of nitrogens with zero attached hydrogens (tertiary/aromatic N) is 2. The molecule has 4 nitrogen and oxygen atoms in total.